The molecule has 0 saturated carbocycles. The number of urea groups is 1. The van der Waals surface area contributed by atoms with Crippen molar-refractivity contribution in [3.8, 4) is 5.75 Å². The van der Waals surface area contributed by atoms with Crippen molar-refractivity contribution in [1.82, 2.24) is 10.2 Å². The predicted molar refractivity (Wildman–Crippen MR) is 76.0 cm³/mol. The number of rotatable bonds is 3. The third-order valence-corrected chi connectivity index (χ3v) is 3.24. The van der Waals surface area contributed by atoms with Gasteiger partial charge in [-0.25, -0.2) is 4.79 Å². The van der Waals surface area contributed by atoms with Gasteiger partial charge in [0, 0.05) is 32.7 Å². The summed E-state index contributed by atoms with van der Waals surface area (Å²) in [5.41, 5.74) is 0.817. The first-order chi connectivity index (χ1) is 9.51. The summed E-state index contributed by atoms with van der Waals surface area (Å²) in [5, 5.41) is 2.83. The molecule has 0 unspecified atom stereocenters. The molecule has 1 aliphatic heterocycles. The molecule has 0 aromatic heterocycles. The fraction of sp³-hybridized carbons (Fsp3) is 0.429. The van der Waals surface area contributed by atoms with E-state index in [2.05, 4.69) is 5.32 Å². The maximum absolute atomic E-state index is 12.0. The van der Waals surface area contributed by atoms with Gasteiger partial charge < -0.3 is 19.9 Å². The standard InChI is InChI=1S/C14H19N3O3/c1-16(2)14(19)15-10-8-13(18)17(9-10)11-4-6-12(20-3)7-5-11/h4-7,10H,8-9H2,1-3H3,(H,15,19)/t10-/m0/s1. The normalized spacial score (nSPS) is 18.1. The van der Waals surface area contributed by atoms with Crippen molar-refractivity contribution in [2.24, 2.45) is 0 Å². The minimum atomic E-state index is -0.181. The minimum Gasteiger partial charge on any atom is -0.497 e. The molecule has 1 fully saturated rings. The van der Waals surface area contributed by atoms with Crippen LogP contribution in [0.3, 0.4) is 0 Å². The monoisotopic (exact) mass is 277 g/mol. The molecule has 108 valence electrons. The highest BCUT2D eigenvalue weighted by Crippen LogP contribution is 2.24. The average molecular weight is 277 g/mol. The van der Waals surface area contributed by atoms with E-state index in [1.807, 2.05) is 24.3 Å². The molecule has 1 atom stereocenters. The molecule has 1 N–H and O–H groups in total. The molecule has 3 amide bonds. The Labute approximate surface area is 118 Å². The molecular weight excluding hydrogens is 258 g/mol. The van der Waals surface area contributed by atoms with Crippen LogP contribution in [0.5, 0.6) is 5.75 Å². The molecule has 0 bridgehead atoms. The van der Waals surface area contributed by atoms with Crippen LogP contribution in [0.25, 0.3) is 0 Å². The zero-order chi connectivity index (χ0) is 14.7. The van der Waals surface area contributed by atoms with Crippen molar-refractivity contribution in [2.75, 3.05) is 32.6 Å². The van der Waals surface area contributed by atoms with Crippen molar-refractivity contribution < 1.29 is 14.3 Å². The van der Waals surface area contributed by atoms with Crippen LogP contribution in [-0.2, 0) is 4.79 Å². The molecule has 0 aliphatic carbocycles. The van der Waals surface area contributed by atoms with E-state index in [1.54, 1.807) is 26.1 Å². The lowest BCUT2D eigenvalue weighted by Gasteiger charge is -2.19. The number of ether oxygens (including phenoxy) is 1. The third kappa shape index (κ3) is 3.01. The highest BCUT2D eigenvalue weighted by molar-refractivity contribution is 5.96. The van der Waals surface area contributed by atoms with Gasteiger partial charge in [0.2, 0.25) is 5.91 Å². The van der Waals surface area contributed by atoms with Crippen LogP contribution in [0.4, 0.5) is 10.5 Å². The molecule has 20 heavy (non-hydrogen) atoms. The topological polar surface area (TPSA) is 61.9 Å². The quantitative estimate of drug-likeness (QED) is 0.899. The van der Waals surface area contributed by atoms with Gasteiger partial charge >= 0.3 is 6.03 Å². The second-order valence-electron chi connectivity index (χ2n) is 4.95. The lowest BCUT2D eigenvalue weighted by molar-refractivity contribution is -0.117. The number of anilines is 1. The highest BCUT2D eigenvalue weighted by atomic mass is 16.5. The Morgan fingerprint density at radius 2 is 2.00 bits per heavy atom. The zero-order valence-electron chi connectivity index (χ0n) is 11.9. The van der Waals surface area contributed by atoms with E-state index in [0.29, 0.717) is 13.0 Å². The summed E-state index contributed by atoms with van der Waals surface area (Å²) < 4.78 is 5.09. The van der Waals surface area contributed by atoms with Crippen LogP contribution in [0, 0.1) is 0 Å². The summed E-state index contributed by atoms with van der Waals surface area (Å²) in [7, 11) is 4.95. The van der Waals surface area contributed by atoms with Crippen molar-refractivity contribution in [1.29, 1.82) is 0 Å². The fourth-order valence-corrected chi connectivity index (χ4v) is 2.12. The van der Waals surface area contributed by atoms with E-state index in [1.165, 1.54) is 4.90 Å². The molecule has 1 saturated heterocycles. The van der Waals surface area contributed by atoms with E-state index in [9.17, 15) is 9.59 Å². The predicted octanol–water partition coefficient (Wildman–Crippen LogP) is 1.07. The molecule has 6 nitrogen and oxygen atoms in total. The maximum Gasteiger partial charge on any atom is 0.317 e. The van der Waals surface area contributed by atoms with E-state index < -0.39 is 0 Å². The molecule has 1 aliphatic rings. The van der Waals surface area contributed by atoms with Gasteiger partial charge in [0.25, 0.3) is 0 Å². The first-order valence-electron chi connectivity index (χ1n) is 6.43. The number of hydrogen-bond acceptors (Lipinski definition) is 3. The SMILES string of the molecule is COc1ccc(N2C[C@@H](NC(=O)N(C)C)CC2=O)cc1. The van der Waals surface area contributed by atoms with Crippen LogP contribution in [-0.4, -0.2) is 50.6 Å². The summed E-state index contributed by atoms with van der Waals surface area (Å²) in [5.74, 6) is 0.761. The first-order valence-corrected chi connectivity index (χ1v) is 6.43. The summed E-state index contributed by atoms with van der Waals surface area (Å²) in [6, 6.07) is 6.97. The van der Waals surface area contributed by atoms with Gasteiger partial charge in [-0.05, 0) is 24.3 Å². The lowest BCUT2D eigenvalue weighted by atomic mass is 10.2. The number of benzene rings is 1. The Morgan fingerprint density at radius 1 is 1.35 bits per heavy atom. The zero-order valence-corrected chi connectivity index (χ0v) is 11.9. The number of amides is 3. The van der Waals surface area contributed by atoms with Crippen LogP contribution >= 0.6 is 0 Å². The number of carbonyl (C=O) groups excluding carboxylic acids is 2. The number of hydrogen-bond donors (Lipinski definition) is 1. The Kier molecular flexibility index (Phi) is 4.12. The second kappa shape index (κ2) is 5.81. The molecule has 0 spiro atoms. The van der Waals surface area contributed by atoms with Gasteiger partial charge in [0.05, 0.1) is 13.2 Å². The summed E-state index contributed by atoms with van der Waals surface area (Å²) in [4.78, 5) is 26.8. The van der Waals surface area contributed by atoms with Gasteiger partial charge in [-0.1, -0.05) is 0 Å². The fourth-order valence-electron chi connectivity index (χ4n) is 2.12. The van der Waals surface area contributed by atoms with Crippen molar-refractivity contribution in [2.45, 2.75) is 12.5 Å². The Hall–Kier alpha value is -2.24. The van der Waals surface area contributed by atoms with Crippen molar-refractivity contribution >= 4 is 17.6 Å². The average Bonchev–Trinajstić information content (AvgIpc) is 2.79. The minimum absolute atomic E-state index is 0.0132. The number of carbonyl (C=O) groups is 2. The smallest absolute Gasteiger partial charge is 0.317 e. The number of nitrogens with zero attached hydrogens (tertiary/aromatic N) is 2. The van der Waals surface area contributed by atoms with Crippen LogP contribution < -0.4 is 15.0 Å². The van der Waals surface area contributed by atoms with Crippen LogP contribution in [0.2, 0.25) is 0 Å². The number of nitrogens with one attached hydrogen (secondary N) is 1. The Bertz CT molecular complexity index is 499. The molecule has 1 aromatic rings. The molecule has 1 heterocycles. The van der Waals surface area contributed by atoms with Gasteiger partial charge in [-0.15, -0.1) is 0 Å². The van der Waals surface area contributed by atoms with Gasteiger partial charge in [0.15, 0.2) is 0 Å². The molecule has 6 heteroatoms. The van der Waals surface area contributed by atoms with Gasteiger partial charge in [-0.3, -0.25) is 4.79 Å². The van der Waals surface area contributed by atoms with E-state index >= 15 is 0 Å². The molecular formula is C14H19N3O3. The highest BCUT2D eigenvalue weighted by Gasteiger charge is 2.31. The Balaban J connectivity index is 2.03. The number of methoxy groups -OCH3 is 1. The van der Waals surface area contributed by atoms with E-state index in [0.717, 1.165) is 11.4 Å². The summed E-state index contributed by atoms with van der Waals surface area (Å²) >= 11 is 0. The van der Waals surface area contributed by atoms with Crippen LogP contribution in [0.15, 0.2) is 24.3 Å². The third-order valence-electron chi connectivity index (χ3n) is 3.24. The largest absolute Gasteiger partial charge is 0.497 e. The van der Waals surface area contributed by atoms with Crippen molar-refractivity contribution in [3.63, 3.8) is 0 Å². The summed E-state index contributed by atoms with van der Waals surface area (Å²) in [6.45, 7) is 0.491. The lowest BCUT2D eigenvalue weighted by Crippen LogP contribution is -2.42. The van der Waals surface area contributed by atoms with Gasteiger partial charge in [-0.2, -0.15) is 0 Å². The maximum atomic E-state index is 12.0. The Morgan fingerprint density at radius 3 is 2.55 bits per heavy atom. The van der Waals surface area contributed by atoms with E-state index in [-0.39, 0.29) is 18.0 Å². The molecule has 1 aromatic carbocycles. The second-order valence-corrected chi connectivity index (χ2v) is 4.95. The summed E-state index contributed by atoms with van der Waals surface area (Å²) in [6.07, 6.45) is 0.325. The van der Waals surface area contributed by atoms with E-state index in [4.69, 9.17) is 4.74 Å². The molecule has 0 radical (unpaired) electrons. The van der Waals surface area contributed by atoms with Crippen LogP contribution in [0.1, 0.15) is 6.42 Å². The first kappa shape index (κ1) is 14.2. The van der Waals surface area contributed by atoms with Crippen molar-refractivity contribution in [3.05, 3.63) is 24.3 Å². The molecule has 2 rings (SSSR count). The van der Waals surface area contributed by atoms with Gasteiger partial charge in [0.1, 0.15) is 5.75 Å².